The first kappa shape index (κ1) is 20.0. The third-order valence-corrected chi connectivity index (χ3v) is 5.44. The number of carbonyl (C=O) groups is 1. The lowest BCUT2D eigenvalue weighted by Gasteiger charge is -2.28. The van der Waals surface area contributed by atoms with Crippen molar-refractivity contribution in [3.8, 4) is 0 Å². The van der Waals surface area contributed by atoms with Gasteiger partial charge in [0.15, 0.2) is 12.6 Å². The average Bonchev–Trinajstić information content (AvgIpc) is 3.01. The molecule has 3 rings (SSSR count). The molecular formula is C21H34O5. The fourth-order valence-electron chi connectivity index (χ4n) is 3.98. The highest BCUT2D eigenvalue weighted by Crippen LogP contribution is 2.30. The Bertz CT molecular complexity index is 451. The molecule has 0 spiro atoms. The van der Waals surface area contributed by atoms with E-state index in [2.05, 4.69) is 19.1 Å². The van der Waals surface area contributed by atoms with Crippen molar-refractivity contribution in [1.82, 2.24) is 0 Å². The Kier molecular flexibility index (Phi) is 8.11. The molecule has 1 aliphatic carbocycles. The summed E-state index contributed by atoms with van der Waals surface area (Å²) < 4.78 is 23.7. The van der Waals surface area contributed by atoms with Crippen LogP contribution in [0.4, 0.5) is 0 Å². The van der Waals surface area contributed by atoms with Gasteiger partial charge in [-0.25, -0.2) is 0 Å². The zero-order chi connectivity index (χ0) is 18.2. The topological polar surface area (TPSA) is 54.0 Å². The molecule has 0 radical (unpaired) electrons. The first-order valence-corrected chi connectivity index (χ1v) is 10.5. The van der Waals surface area contributed by atoms with Crippen LogP contribution >= 0.6 is 0 Å². The predicted octanol–water partition coefficient (Wildman–Crippen LogP) is 4.15. The molecule has 0 bridgehead atoms. The molecule has 2 saturated heterocycles. The molecular weight excluding hydrogens is 332 g/mol. The summed E-state index contributed by atoms with van der Waals surface area (Å²) in [6.45, 7) is 3.72. The first-order valence-electron chi connectivity index (χ1n) is 10.5. The number of hydrogen-bond donors (Lipinski definition) is 0. The zero-order valence-electron chi connectivity index (χ0n) is 16.1. The van der Waals surface area contributed by atoms with Gasteiger partial charge in [-0.15, -0.1) is 0 Å². The lowest BCUT2D eigenvalue weighted by atomic mass is 10.0. The van der Waals surface area contributed by atoms with E-state index in [-0.39, 0.29) is 36.5 Å². The van der Waals surface area contributed by atoms with Crippen LogP contribution < -0.4 is 0 Å². The van der Waals surface area contributed by atoms with Crippen molar-refractivity contribution in [2.45, 2.75) is 95.9 Å². The quantitative estimate of drug-likeness (QED) is 0.604. The van der Waals surface area contributed by atoms with Crippen LogP contribution in [0.15, 0.2) is 12.2 Å². The number of ketones is 1. The standard InChI is InChI=1S/C21H34O5/c1-2-7-18(25-20-8-3-5-12-23-20)11-10-16-14-17(22)15-19(16)26-21-9-4-6-13-24-21/h10-11,16,18-21H,2-9,12-15H2,1H3/b11-10+. The highest BCUT2D eigenvalue weighted by Gasteiger charge is 2.34. The van der Waals surface area contributed by atoms with Crippen LogP contribution in [0.5, 0.6) is 0 Å². The summed E-state index contributed by atoms with van der Waals surface area (Å²) in [4.78, 5) is 12.0. The Balaban J connectivity index is 1.54. The molecule has 5 atom stereocenters. The van der Waals surface area contributed by atoms with E-state index in [0.29, 0.717) is 12.8 Å². The highest BCUT2D eigenvalue weighted by molar-refractivity contribution is 5.82. The maximum absolute atomic E-state index is 12.0. The Morgan fingerprint density at radius 2 is 1.81 bits per heavy atom. The fourth-order valence-corrected chi connectivity index (χ4v) is 3.98. The van der Waals surface area contributed by atoms with Crippen LogP contribution in [0.25, 0.3) is 0 Å². The van der Waals surface area contributed by atoms with Gasteiger partial charge < -0.3 is 18.9 Å². The Hall–Kier alpha value is -0.750. The third kappa shape index (κ3) is 6.15. The maximum atomic E-state index is 12.0. The second kappa shape index (κ2) is 10.5. The average molecular weight is 366 g/mol. The number of hydrogen-bond acceptors (Lipinski definition) is 5. The molecule has 0 aromatic rings. The van der Waals surface area contributed by atoms with Crippen molar-refractivity contribution in [1.29, 1.82) is 0 Å². The van der Waals surface area contributed by atoms with Crippen molar-refractivity contribution in [2.75, 3.05) is 13.2 Å². The van der Waals surface area contributed by atoms with Gasteiger partial charge in [0, 0.05) is 32.0 Å². The first-order chi connectivity index (χ1) is 12.7. The minimum Gasteiger partial charge on any atom is -0.353 e. The molecule has 0 aromatic carbocycles. The van der Waals surface area contributed by atoms with E-state index in [1.165, 1.54) is 6.42 Å². The summed E-state index contributed by atoms with van der Waals surface area (Å²) in [5.74, 6) is 0.410. The minimum atomic E-state index is -0.145. The number of rotatable bonds is 8. The molecule has 2 heterocycles. The fraction of sp³-hybridized carbons (Fsp3) is 0.857. The third-order valence-electron chi connectivity index (χ3n) is 5.44. The summed E-state index contributed by atoms with van der Waals surface area (Å²) in [5, 5.41) is 0. The summed E-state index contributed by atoms with van der Waals surface area (Å²) in [6, 6.07) is 0. The Labute approximate surface area is 157 Å². The van der Waals surface area contributed by atoms with E-state index in [9.17, 15) is 4.79 Å². The molecule has 5 nitrogen and oxygen atoms in total. The minimum absolute atomic E-state index is 0.0467. The molecule has 0 N–H and O–H groups in total. The Morgan fingerprint density at radius 1 is 1.08 bits per heavy atom. The second-order valence-corrected chi connectivity index (χ2v) is 7.73. The molecule has 5 unspecified atom stereocenters. The van der Waals surface area contributed by atoms with Crippen LogP contribution in [0, 0.1) is 5.92 Å². The molecule has 1 saturated carbocycles. The van der Waals surface area contributed by atoms with Crippen LogP contribution in [-0.4, -0.2) is 43.8 Å². The number of Topliss-reactive ketones (excluding diaryl/α,β-unsaturated/α-hetero) is 1. The maximum Gasteiger partial charge on any atom is 0.158 e. The van der Waals surface area contributed by atoms with Crippen LogP contribution in [-0.2, 0) is 23.7 Å². The molecule has 3 aliphatic rings. The summed E-state index contributed by atoms with van der Waals surface area (Å²) in [6.07, 6.45) is 13.6. The van der Waals surface area contributed by atoms with Gasteiger partial charge in [-0.1, -0.05) is 25.5 Å². The van der Waals surface area contributed by atoms with E-state index in [0.717, 1.165) is 58.2 Å². The molecule has 0 amide bonds. The summed E-state index contributed by atoms with van der Waals surface area (Å²) in [7, 11) is 0. The lowest BCUT2D eigenvalue weighted by Crippen LogP contribution is -2.30. The normalized spacial score (nSPS) is 34.4. The molecule has 26 heavy (non-hydrogen) atoms. The van der Waals surface area contributed by atoms with Gasteiger partial charge in [0.25, 0.3) is 0 Å². The van der Waals surface area contributed by atoms with E-state index in [1.54, 1.807) is 0 Å². The van der Waals surface area contributed by atoms with Gasteiger partial charge in [-0.2, -0.15) is 0 Å². The Morgan fingerprint density at radius 3 is 2.46 bits per heavy atom. The van der Waals surface area contributed by atoms with Gasteiger partial charge in [-0.3, -0.25) is 4.79 Å². The molecule has 3 fully saturated rings. The van der Waals surface area contributed by atoms with Gasteiger partial charge >= 0.3 is 0 Å². The summed E-state index contributed by atoms with van der Waals surface area (Å²) >= 11 is 0. The van der Waals surface area contributed by atoms with Crippen LogP contribution in [0.1, 0.15) is 71.1 Å². The van der Waals surface area contributed by atoms with Crippen LogP contribution in [0.3, 0.4) is 0 Å². The SMILES string of the molecule is CCCC(/C=C/C1CC(=O)CC1OC1CCCCO1)OC1CCCCO1. The monoisotopic (exact) mass is 366 g/mol. The zero-order valence-corrected chi connectivity index (χ0v) is 16.1. The van der Waals surface area contributed by atoms with Gasteiger partial charge in [-0.05, 0) is 44.9 Å². The molecule has 148 valence electrons. The van der Waals surface area contributed by atoms with Crippen molar-refractivity contribution >= 4 is 5.78 Å². The van der Waals surface area contributed by atoms with Crippen molar-refractivity contribution in [3.63, 3.8) is 0 Å². The van der Waals surface area contributed by atoms with E-state index < -0.39 is 0 Å². The number of ether oxygens (including phenoxy) is 4. The van der Waals surface area contributed by atoms with E-state index >= 15 is 0 Å². The van der Waals surface area contributed by atoms with Gasteiger partial charge in [0.05, 0.1) is 12.2 Å². The van der Waals surface area contributed by atoms with Gasteiger partial charge in [0.1, 0.15) is 5.78 Å². The van der Waals surface area contributed by atoms with E-state index in [4.69, 9.17) is 18.9 Å². The summed E-state index contributed by atoms with van der Waals surface area (Å²) in [5.41, 5.74) is 0. The van der Waals surface area contributed by atoms with Crippen molar-refractivity contribution < 1.29 is 23.7 Å². The van der Waals surface area contributed by atoms with Gasteiger partial charge in [0.2, 0.25) is 0 Å². The predicted molar refractivity (Wildman–Crippen MR) is 98.7 cm³/mol. The molecule has 2 aliphatic heterocycles. The second-order valence-electron chi connectivity index (χ2n) is 7.73. The molecule has 0 aromatic heterocycles. The highest BCUT2D eigenvalue weighted by atomic mass is 16.7. The largest absolute Gasteiger partial charge is 0.353 e. The van der Waals surface area contributed by atoms with Crippen molar-refractivity contribution in [2.24, 2.45) is 5.92 Å². The number of carbonyl (C=O) groups excluding carboxylic acids is 1. The van der Waals surface area contributed by atoms with Crippen LogP contribution in [0.2, 0.25) is 0 Å². The smallest absolute Gasteiger partial charge is 0.158 e. The van der Waals surface area contributed by atoms with Crippen molar-refractivity contribution in [3.05, 3.63) is 12.2 Å². The lowest BCUT2D eigenvalue weighted by molar-refractivity contribution is -0.191. The van der Waals surface area contributed by atoms with E-state index in [1.807, 2.05) is 0 Å². The molecule has 5 heteroatoms.